The highest BCUT2D eigenvalue weighted by atomic mass is 31.2. The molecule has 0 rings (SSSR count). The van der Waals surface area contributed by atoms with Crippen LogP contribution < -0.4 is 11.1 Å². The van der Waals surface area contributed by atoms with E-state index < -0.39 is 20.0 Å². The van der Waals surface area contributed by atoms with E-state index in [-0.39, 0.29) is 25.7 Å². The van der Waals surface area contributed by atoms with Crippen LogP contribution in [0.1, 0.15) is 174 Å². The fourth-order valence-electron chi connectivity index (χ4n) is 5.66. The van der Waals surface area contributed by atoms with Crippen molar-refractivity contribution in [3.05, 3.63) is 48.6 Å². The summed E-state index contributed by atoms with van der Waals surface area (Å²) in [5.74, 6) is -0.187. The molecule has 0 aromatic heterocycles. The van der Waals surface area contributed by atoms with E-state index in [4.69, 9.17) is 14.8 Å². The van der Waals surface area contributed by atoms with E-state index in [1.54, 1.807) is 0 Å². The summed E-state index contributed by atoms with van der Waals surface area (Å²) in [6.45, 7) is 4.06. The molecule has 0 aliphatic rings. The highest BCUT2D eigenvalue weighted by molar-refractivity contribution is 7.47. The average molecular weight is 725 g/mol. The lowest BCUT2D eigenvalue weighted by Crippen LogP contribution is -2.46. The second kappa shape index (κ2) is 37.2. The first-order valence-corrected chi connectivity index (χ1v) is 21.7. The number of aliphatic hydroxyl groups is 1. The molecule has 0 saturated heterocycles. The zero-order chi connectivity index (χ0) is 36.8. The Labute approximate surface area is 307 Å². The molecular formula is C41H77N2O6P. The zero-order valence-electron chi connectivity index (χ0n) is 32.1. The topological polar surface area (TPSA) is 131 Å². The highest BCUT2D eigenvalue weighted by Crippen LogP contribution is 2.43. The first-order chi connectivity index (χ1) is 24.4. The fraction of sp³-hybridized carbons (Fsp3) is 0.780. The number of phosphoric ester groups is 1. The molecule has 0 fully saturated rings. The molecule has 5 N–H and O–H groups in total. The Morgan fingerprint density at radius 1 is 0.680 bits per heavy atom. The van der Waals surface area contributed by atoms with Crippen molar-refractivity contribution in [1.29, 1.82) is 0 Å². The molecule has 292 valence electrons. The lowest BCUT2D eigenvalue weighted by molar-refractivity contribution is -0.123. The minimum absolute atomic E-state index is 0.0826. The molecule has 3 unspecified atom stereocenters. The van der Waals surface area contributed by atoms with Crippen LogP contribution in [0.4, 0.5) is 0 Å². The minimum Gasteiger partial charge on any atom is -0.391 e. The predicted octanol–water partition coefficient (Wildman–Crippen LogP) is 10.9. The summed E-state index contributed by atoms with van der Waals surface area (Å²) in [5.41, 5.74) is 5.37. The third-order valence-electron chi connectivity index (χ3n) is 8.70. The summed E-state index contributed by atoms with van der Waals surface area (Å²) < 4.78 is 22.1. The van der Waals surface area contributed by atoms with Crippen molar-refractivity contribution in [3.63, 3.8) is 0 Å². The number of rotatable bonds is 37. The Balaban J connectivity index is 4.27. The van der Waals surface area contributed by atoms with E-state index in [9.17, 15) is 19.4 Å². The predicted molar refractivity (Wildman–Crippen MR) is 212 cm³/mol. The maximum Gasteiger partial charge on any atom is 0.472 e. The number of phosphoric acid groups is 1. The van der Waals surface area contributed by atoms with Crippen molar-refractivity contribution in [1.82, 2.24) is 5.32 Å². The van der Waals surface area contributed by atoms with Gasteiger partial charge in [-0.05, 0) is 51.4 Å². The Hall–Kier alpha value is -1.54. The molecule has 0 saturated carbocycles. The number of nitrogens with two attached hydrogens (primary N) is 1. The van der Waals surface area contributed by atoms with Crippen LogP contribution >= 0.6 is 7.82 Å². The van der Waals surface area contributed by atoms with Crippen molar-refractivity contribution < 1.29 is 28.4 Å². The van der Waals surface area contributed by atoms with Gasteiger partial charge in [-0.2, -0.15) is 0 Å². The van der Waals surface area contributed by atoms with Gasteiger partial charge < -0.3 is 21.1 Å². The smallest absolute Gasteiger partial charge is 0.391 e. The van der Waals surface area contributed by atoms with Gasteiger partial charge in [0.2, 0.25) is 5.91 Å². The van der Waals surface area contributed by atoms with Gasteiger partial charge >= 0.3 is 7.82 Å². The highest BCUT2D eigenvalue weighted by Gasteiger charge is 2.27. The lowest BCUT2D eigenvalue weighted by Gasteiger charge is -2.25. The number of amides is 1. The quantitative estimate of drug-likeness (QED) is 0.0285. The summed E-state index contributed by atoms with van der Waals surface area (Å²) in [5, 5.41) is 13.7. The maximum absolute atomic E-state index is 12.7. The summed E-state index contributed by atoms with van der Waals surface area (Å²) in [6.07, 6.45) is 44.0. The number of unbranched alkanes of at least 4 members (excludes halogenated alkanes) is 17. The molecule has 0 heterocycles. The van der Waals surface area contributed by atoms with E-state index in [2.05, 4.69) is 67.8 Å². The number of nitrogens with one attached hydrogen (secondary N) is 1. The van der Waals surface area contributed by atoms with Crippen LogP contribution in [0.3, 0.4) is 0 Å². The summed E-state index contributed by atoms with van der Waals surface area (Å²) >= 11 is 0. The van der Waals surface area contributed by atoms with Crippen LogP contribution in [0.25, 0.3) is 0 Å². The number of carbonyl (C=O) groups excluding carboxylic acids is 1. The van der Waals surface area contributed by atoms with E-state index in [0.717, 1.165) is 77.0 Å². The van der Waals surface area contributed by atoms with Gasteiger partial charge in [0.15, 0.2) is 0 Å². The molecule has 0 aromatic rings. The van der Waals surface area contributed by atoms with Crippen molar-refractivity contribution >= 4 is 13.7 Å². The van der Waals surface area contributed by atoms with Crippen LogP contribution in [0.5, 0.6) is 0 Å². The number of aliphatic hydroxyl groups excluding tert-OH is 1. The first-order valence-electron chi connectivity index (χ1n) is 20.3. The fourth-order valence-corrected chi connectivity index (χ4v) is 6.42. The van der Waals surface area contributed by atoms with Crippen LogP contribution in [-0.2, 0) is 18.4 Å². The molecule has 3 atom stereocenters. The largest absolute Gasteiger partial charge is 0.472 e. The molecule has 1 amide bonds. The first kappa shape index (κ1) is 48.5. The molecule has 0 bridgehead atoms. The standard InChI is InChI=1S/C41H77N2O6P/c1-3-5-7-9-11-13-15-17-19-20-21-23-25-27-29-31-33-35-41(45)43-39(38-49-50(46,47)48-37-36-42)40(44)34-32-30-28-26-24-22-18-16-14-12-10-8-6-4-2/h5,7,11,13,17,19,21,23,39-40,44H,3-4,6,8-10,12,14-16,18,20,22,24-38,42H2,1-2H3,(H,43,45)(H,46,47)/b7-5-,13-11-,19-17-,23-21-. The van der Waals surface area contributed by atoms with E-state index in [0.29, 0.717) is 12.8 Å². The molecule has 9 heteroatoms. The third-order valence-corrected chi connectivity index (χ3v) is 9.68. The van der Waals surface area contributed by atoms with Gasteiger partial charge in [-0.1, -0.05) is 165 Å². The van der Waals surface area contributed by atoms with Crippen LogP contribution in [0.2, 0.25) is 0 Å². The average Bonchev–Trinajstić information content (AvgIpc) is 3.10. The van der Waals surface area contributed by atoms with Gasteiger partial charge in [-0.3, -0.25) is 13.8 Å². The molecule has 50 heavy (non-hydrogen) atoms. The monoisotopic (exact) mass is 725 g/mol. The van der Waals surface area contributed by atoms with Crippen molar-refractivity contribution in [2.45, 2.75) is 187 Å². The maximum atomic E-state index is 12.7. The van der Waals surface area contributed by atoms with Gasteiger partial charge in [0.25, 0.3) is 0 Å². The van der Waals surface area contributed by atoms with Crippen molar-refractivity contribution in [2.24, 2.45) is 5.73 Å². The SMILES string of the molecule is CC/C=C\C/C=C\C/C=C\C/C=C\CCCCCCC(=O)NC(COP(=O)(O)OCCN)C(O)CCCCCCCCCCCCCCCC. The van der Waals surface area contributed by atoms with Crippen LogP contribution in [0, 0.1) is 0 Å². The molecule has 0 spiro atoms. The number of hydrogen-bond acceptors (Lipinski definition) is 6. The Morgan fingerprint density at radius 2 is 1.16 bits per heavy atom. The Morgan fingerprint density at radius 3 is 1.70 bits per heavy atom. The summed E-state index contributed by atoms with van der Waals surface area (Å²) in [7, 11) is -4.32. The molecule has 0 aliphatic carbocycles. The lowest BCUT2D eigenvalue weighted by atomic mass is 10.0. The second-order valence-corrected chi connectivity index (χ2v) is 14.9. The van der Waals surface area contributed by atoms with Crippen molar-refractivity contribution in [2.75, 3.05) is 19.8 Å². The Kier molecular flexibility index (Phi) is 36.1. The normalized spacial score (nSPS) is 14.7. The Bertz CT molecular complexity index is 923. The van der Waals surface area contributed by atoms with Gasteiger partial charge in [0, 0.05) is 13.0 Å². The molecule has 0 aliphatic heterocycles. The number of carbonyl (C=O) groups is 1. The molecule has 8 nitrogen and oxygen atoms in total. The van der Waals surface area contributed by atoms with Crippen LogP contribution in [0.15, 0.2) is 48.6 Å². The molecule has 0 aromatic carbocycles. The molecule has 0 radical (unpaired) electrons. The van der Waals surface area contributed by atoms with E-state index in [1.165, 1.54) is 70.6 Å². The minimum atomic E-state index is -4.32. The third kappa shape index (κ3) is 34.9. The van der Waals surface area contributed by atoms with Gasteiger partial charge in [0.05, 0.1) is 25.4 Å². The van der Waals surface area contributed by atoms with E-state index in [1.807, 2.05) is 0 Å². The van der Waals surface area contributed by atoms with Gasteiger partial charge in [0.1, 0.15) is 0 Å². The van der Waals surface area contributed by atoms with Crippen LogP contribution in [-0.4, -0.2) is 47.8 Å². The van der Waals surface area contributed by atoms with Gasteiger partial charge in [-0.15, -0.1) is 0 Å². The summed E-state index contributed by atoms with van der Waals surface area (Å²) in [6, 6.07) is -0.787. The number of allylic oxidation sites excluding steroid dienone is 8. The van der Waals surface area contributed by atoms with E-state index >= 15 is 0 Å². The second-order valence-electron chi connectivity index (χ2n) is 13.5. The van der Waals surface area contributed by atoms with Gasteiger partial charge in [-0.25, -0.2) is 4.57 Å². The molecular weight excluding hydrogens is 647 g/mol. The van der Waals surface area contributed by atoms with Crippen molar-refractivity contribution in [3.8, 4) is 0 Å². The number of hydrogen-bond donors (Lipinski definition) is 4. The summed E-state index contributed by atoms with van der Waals surface area (Å²) in [4.78, 5) is 22.7. The zero-order valence-corrected chi connectivity index (χ0v) is 33.0.